The van der Waals surface area contributed by atoms with Crippen molar-refractivity contribution in [3.05, 3.63) is 0 Å². The van der Waals surface area contributed by atoms with Crippen LogP contribution in [0.25, 0.3) is 0 Å². The summed E-state index contributed by atoms with van der Waals surface area (Å²) in [6, 6.07) is 0. The summed E-state index contributed by atoms with van der Waals surface area (Å²) in [4.78, 5) is 5.15. The standard InChI is InChI=1S/C9H16N2O2/c10-6-7-5-8(11-13-7)9-3-1-2-4-12-9/h7,9H,1-6,10H2. The van der Waals surface area contributed by atoms with E-state index in [1.165, 1.54) is 12.8 Å². The molecule has 0 saturated carbocycles. The molecule has 2 rings (SSSR count). The second-order valence-corrected chi connectivity index (χ2v) is 3.61. The van der Waals surface area contributed by atoms with Crippen molar-refractivity contribution in [3.63, 3.8) is 0 Å². The molecule has 2 aliphatic heterocycles. The molecular weight excluding hydrogens is 168 g/mol. The molecule has 0 amide bonds. The Bertz CT molecular complexity index is 200. The molecule has 2 atom stereocenters. The number of hydrogen-bond donors (Lipinski definition) is 1. The highest BCUT2D eigenvalue weighted by molar-refractivity contribution is 5.89. The number of ether oxygens (including phenoxy) is 1. The maximum Gasteiger partial charge on any atom is 0.145 e. The van der Waals surface area contributed by atoms with E-state index in [1.54, 1.807) is 0 Å². The second-order valence-electron chi connectivity index (χ2n) is 3.61. The first-order chi connectivity index (χ1) is 6.40. The largest absolute Gasteiger partial charge is 0.391 e. The first kappa shape index (κ1) is 8.97. The first-order valence-corrected chi connectivity index (χ1v) is 4.94. The first-order valence-electron chi connectivity index (χ1n) is 4.94. The zero-order valence-electron chi connectivity index (χ0n) is 7.74. The zero-order valence-corrected chi connectivity index (χ0v) is 7.74. The topological polar surface area (TPSA) is 56.8 Å². The normalized spacial score (nSPS) is 34.1. The SMILES string of the molecule is NCC1CC(C2CCCCO2)=NO1. The fourth-order valence-corrected chi connectivity index (χ4v) is 1.77. The van der Waals surface area contributed by atoms with E-state index in [1.807, 2.05) is 0 Å². The van der Waals surface area contributed by atoms with E-state index in [4.69, 9.17) is 15.3 Å². The predicted molar refractivity (Wildman–Crippen MR) is 49.6 cm³/mol. The summed E-state index contributed by atoms with van der Waals surface area (Å²) in [5.41, 5.74) is 6.54. The van der Waals surface area contributed by atoms with Crippen LogP contribution in [0.5, 0.6) is 0 Å². The lowest BCUT2D eigenvalue weighted by Gasteiger charge is -2.21. The van der Waals surface area contributed by atoms with Gasteiger partial charge in [-0.2, -0.15) is 0 Å². The van der Waals surface area contributed by atoms with E-state index < -0.39 is 0 Å². The summed E-state index contributed by atoms with van der Waals surface area (Å²) >= 11 is 0. The minimum absolute atomic E-state index is 0.0838. The van der Waals surface area contributed by atoms with Crippen molar-refractivity contribution in [2.75, 3.05) is 13.2 Å². The second kappa shape index (κ2) is 4.07. The van der Waals surface area contributed by atoms with Gasteiger partial charge in [-0.15, -0.1) is 0 Å². The van der Waals surface area contributed by atoms with Crippen LogP contribution in [0.2, 0.25) is 0 Å². The number of rotatable bonds is 2. The summed E-state index contributed by atoms with van der Waals surface area (Å²) in [7, 11) is 0. The van der Waals surface area contributed by atoms with Crippen molar-refractivity contribution < 1.29 is 9.57 Å². The number of nitrogens with zero attached hydrogens (tertiary/aromatic N) is 1. The Morgan fingerprint density at radius 2 is 2.38 bits per heavy atom. The Morgan fingerprint density at radius 1 is 1.46 bits per heavy atom. The Hall–Kier alpha value is -0.610. The molecule has 0 aromatic carbocycles. The Kier molecular flexibility index (Phi) is 2.80. The molecule has 1 saturated heterocycles. The monoisotopic (exact) mass is 184 g/mol. The molecule has 0 bridgehead atoms. The van der Waals surface area contributed by atoms with Gasteiger partial charge in [0.05, 0.1) is 11.8 Å². The highest BCUT2D eigenvalue weighted by atomic mass is 16.6. The average molecular weight is 184 g/mol. The Morgan fingerprint density at radius 3 is 3.00 bits per heavy atom. The lowest BCUT2D eigenvalue weighted by Crippen LogP contribution is -2.29. The molecule has 2 unspecified atom stereocenters. The highest BCUT2D eigenvalue weighted by Gasteiger charge is 2.27. The smallest absolute Gasteiger partial charge is 0.145 e. The van der Waals surface area contributed by atoms with E-state index >= 15 is 0 Å². The molecule has 0 aromatic heterocycles. The van der Waals surface area contributed by atoms with Crippen molar-refractivity contribution in [1.29, 1.82) is 0 Å². The zero-order chi connectivity index (χ0) is 9.10. The van der Waals surface area contributed by atoms with E-state index in [2.05, 4.69) is 5.16 Å². The Labute approximate surface area is 78.1 Å². The molecule has 0 radical (unpaired) electrons. The third-order valence-corrected chi connectivity index (χ3v) is 2.57. The minimum Gasteiger partial charge on any atom is -0.391 e. The summed E-state index contributed by atoms with van der Waals surface area (Å²) in [6.45, 7) is 1.40. The number of nitrogens with two attached hydrogens (primary N) is 1. The van der Waals surface area contributed by atoms with Gasteiger partial charge in [0.25, 0.3) is 0 Å². The highest BCUT2D eigenvalue weighted by Crippen LogP contribution is 2.20. The maximum absolute atomic E-state index is 5.60. The van der Waals surface area contributed by atoms with Crippen molar-refractivity contribution >= 4 is 5.71 Å². The van der Waals surface area contributed by atoms with Crippen molar-refractivity contribution in [1.82, 2.24) is 0 Å². The van der Waals surface area contributed by atoms with Gasteiger partial charge in [-0.05, 0) is 19.3 Å². The summed E-state index contributed by atoms with van der Waals surface area (Å²) < 4.78 is 5.60. The van der Waals surface area contributed by atoms with Gasteiger partial charge < -0.3 is 15.3 Å². The van der Waals surface area contributed by atoms with Crippen LogP contribution in [0.3, 0.4) is 0 Å². The molecule has 1 fully saturated rings. The Balaban J connectivity index is 1.87. The van der Waals surface area contributed by atoms with Gasteiger partial charge in [0, 0.05) is 19.6 Å². The van der Waals surface area contributed by atoms with Crippen LogP contribution in [0.15, 0.2) is 5.16 Å². The van der Waals surface area contributed by atoms with Crippen LogP contribution < -0.4 is 5.73 Å². The van der Waals surface area contributed by atoms with Gasteiger partial charge in [-0.3, -0.25) is 0 Å². The molecule has 74 valence electrons. The van der Waals surface area contributed by atoms with Gasteiger partial charge in [0.2, 0.25) is 0 Å². The van der Waals surface area contributed by atoms with Crippen molar-refractivity contribution in [3.8, 4) is 0 Å². The summed E-state index contributed by atoms with van der Waals surface area (Å²) in [6.07, 6.45) is 4.62. The third kappa shape index (κ3) is 2.00. The summed E-state index contributed by atoms with van der Waals surface area (Å²) in [5, 5.41) is 4.02. The summed E-state index contributed by atoms with van der Waals surface area (Å²) in [5.74, 6) is 0. The molecule has 0 spiro atoms. The van der Waals surface area contributed by atoms with E-state index in [-0.39, 0.29) is 12.2 Å². The lowest BCUT2D eigenvalue weighted by molar-refractivity contribution is 0.0569. The van der Waals surface area contributed by atoms with Gasteiger partial charge in [-0.1, -0.05) is 5.16 Å². The van der Waals surface area contributed by atoms with E-state index in [0.29, 0.717) is 6.54 Å². The molecule has 0 aliphatic carbocycles. The molecule has 4 nitrogen and oxygen atoms in total. The van der Waals surface area contributed by atoms with Crippen LogP contribution in [0, 0.1) is 0 Å². The van der Waals surface area contributed by atoms with Crippen molar-refractivity contribution in [2.45, 2.75) is 37.9 Å². The van der Waals surface area contributed by atoms with Crippen LogP contribution in [-0.2, 0) is 9.57 Å². The molecule has 2 aliphatic rings. The van der Waals surface area contributed by atoms with E-state index in [0.717, 1.165) is 25.2 Å². The molecule has 13 heavy (non-hydrogen) atoms. The predicted octanol–water partition coefficient (Wildman–Crippen LogP) is 0.659. The van der Waals surface area contributed by atoms with Crippen LogP contribution in [-0.4, -0.2) is 31.1 Å². The third-order valence-electron chi connectivity index (χ3n) is 2.57. The number of oxime groups is 1. The van der Waals surface area contributed by atoms with Crippen molar-refractivity contribution in [2.24, 2.45) is 10.9 Å². The molecule has 0 aromatic rings. The fourth-order valence-electron chi connectivity index (χ4n) is 1.77. The quantitative estimate of drug-likeness (QED) is 0.685. The van der Waals surface area contributed by atoms with Gasteiger partial charge in [-0.25, -0.2) is 0 Å². The van der Waals surface area contributed by atoms with Gasteiger partial charge in [0.15, 0.2) is 0 Å². The fraction of sp³-hybridized carbons (Fsp3) is 0.889. The average Bonchev–Trinajstić information content (AvgIpc) is 2.67. The molecular formula is C9H16N2O2. The molecule has 2 heterocycles. The minimum atomic E-state index is 0.0838. The molecule has 2 N–H and O–H groups in total. The van der Waals surface area contributed by atoms with Crippen LogP contribution in [0.4, 0.5) is 0 Å². The van der Waals surface area contributed by atoms with Crippen LogP contribution >= 0.6 is 0 Å². The lowest BCUT2D eigenvalue weighted by atomic mass is 10.0. The maximum atomic E-state index is 5.60. The van der Waals surface area contributed by atoms with Crippen LogP contribution in [0.1, 0.15) is 25.7 Å². The van der Waals surface area contributed by atoms with Gasteiger partial charge in [0.1, 0.15) is 6.10 Å². The number of hydrogen-bond acceptors (Lipinski definition) is 4. The molecule has 4 heteroatoms. The van der Waals surface area contributed by atoms with Gasteiger partial charge >= 0.3 is 0 Å². The van der Waals surface area contributed by atoms with E-state index in [9.17, 15) is 0 Å².